The number of hydrazine groups is 1. The summed E-state index contributed by atoms with van der Waals surface area (Å²) in [6, 6.07) is 0.444. The van der Waals surface area contributed by atoms with Crippen molar-refractivity contribution in [3.63, 3.8) is 0 Å². The van der Waals surface area contributed by atoms with Gasteiger partial charge in [-0.05, 0) is 54.8 Å². The van der Waals surface area contributed by atoms with Gasteiger partial charge >= 0.3 is 0 Å². The van der Waals surface area contributed by atoms with Crippen molar-refractivity contribution < 1.29 is 0 Å². The third-order valence-electron chi connectivity index (χ3n) is 3.74. The zero-order valence-corrected chi connectivity index (χ0v) is 12.5. The average molecular weight is 304 g/mol. The van der Waals surface area contributed by atoms with E-state index in [9.17, 15) is 0 Å². The Morgan fingerprint density at radius 3 is 2.71 bits per heavy atom. The molecule has 2 saturated carbocycles. The van der Waals surface area contributed by atoms with Gasteiger partial charge in [-0.3, -0.25) is 0 Å². The fraction of sp³-hybridized carbons (Fsp3) is 0.583. The minimum absolute atomic E-state index is 0.444. The van der Waals surface area contributed by atoms with Crippen molar-refractivity contribution >= 4 is 17.6 Å². The molecule has 3 N–H and O–H groups in total. The van der Waals surface area contributed by atoms with Gasteiger partial charge in [0.1, 0.15) is 16.7 Å². The molecule has 4 rings (SSSR count). The highest BCUT2D eigenvalue weighted by Crippen LogP contribution is 2.42. The van der Waals surface area contributed by atoms with Crippen molar-refractivity contribution in [2.45, 2.75) is 54.7 Å². The summed E-state index contributed by atoms with van der Waals surface area (Å²) in [7, 11) is 0. The standard InChI is InChI=1S/C12H16N8S/c1-6-9(16-13)14-10(7-2-3-7)15-11(6)21-12-17-18-19-20(12)8-4-5-8/h7-8H,2-5,13H2,1H3,(H,14,15,16). The first-order valence-corrected chi connectivity index (χ1v) is 7.88. The van der Waals surface area contributed by atoms with Crippen LogP contribution in [0.4, 0.5) is 5.82 Å². The molecule has 2 aliphatic carbocycles. The molecule has 0 saturated heterocycles. The second-order valence-electron chi connectivity index (χ2n) is 5.52. The normalized spacial score (nSPS) is 18.0. The molecule has 0 bridgehead atoms. The van der Waals surface area contributed by atoms with Crippen molar-refractivity contribution in [1.29, 1.82) is 0 Å². The number of nitrogens with zero attached hydrogens (tertiary/aromatic N) is 6. The van der Waals surface area contributed by atoms with Crippen LogP contribution in [-0.2, 0) is 0 Å². The molecule has 0 spiro atoms. The van der Waals surface area contributed by atoms with Crippen molar-refractivity contribution in [2.75, 3.05) is 5.43 Å². The minimum Gasteiger partial charge on any atom is -0.308 e. The Balaban J connectivity index is 1.69. The molecule has 0 aliphatic heterocycles. The molecule has 0 atom stereocenters. The Bertz CT molecular complexity index is 676. The van der Waals surface area contributed by atoms with Gasteiger partial charge in [0.25, 0.3) is 0 Å². The Morgan fingerprint density at radius 1 is 1.24 bits per heavy atom. The number of nitrogens with two attached hydrogens (primary N) is 1. The maximum atomic E-state index is 5.58. The largest absolute Gasteiger partial charge is 0.308 e. The van der Waals surface area contributed by atoms with Crippen LogP contribution in [0.25, 0.3) is 0 Å². The lowest BCUT2D eigenvalue weighted by Crippen LogP contribution is -2.13. The summed E-state index contributed by atoms with van der Waals surface area (Å²) < 4.78 is 1.89. The van der Waals surface area contributed by atoms with Crippen LogP contribution in [0.1, 0.15) is 49.0 Å². The zero-order valence-electron chi connectivity index (χ0n) is 11.7. The van der Waals surface area contributed by atoms with Crippen molar-refractivity contribution in [3.05, 3.63) is 11.4 Å². The number of anilines is 1. The second kappa shape index (κ2) is 4.92. The summed E-state index contributed by atoms with van der Waals surface area (Å²) in [5.74, 6) is 7.59. The number of hydrogen-bond donors (Lipinski definition) is 2. The molecule has 2 heterocycles. The third kappa shape index (κ3) is 2.46. The summed E-state index contributed by atoms with van der Waals surface area (Å²) in [5.41, 5.74) is 3.59. The summed E-state index contributed by atoms with van der Waals surface area (Å²) in [4.78, 5) is 9.18. The quantitative estimate of drug-likeness (QED) is 0.485. The number of aromatic nitrogens is 6. The maximum Gasteiger partial charge on any atom is 0.215 e. The van der Waals surface area contributed by atoms with Crippen molar-refractivity contribution in [1.82, 2.24) is 30.2 Å². The highest BCUT2D eigenvalue weighted by Gasteiger charge is 2.30. The van der Waals surface area contributed by atoms with Crippen LogP contribution in [0.15, 0.2) is 10.2 Å². The third-order valence-corrected chi connectivity index (χ3v) is 4.78. The molecule has 2 fully saturated rings. The lowest BCUT2D eigenvalue weighted by Gasteiger charge is -2.11. The van der Waals surface area contributed by atoms with E-state index in [1.54, 1.807) is 0 Å². The van der Waals surface area contributed by atoms with E-state index >= 15 is 0 Å². The number of rotatable bonds is 5. The van der Waals surface area contributed by atoms with Crippen LogP contribution in [0.3, 0.4) is 0 Å². The molecule has 0 amide bonds. The lowest BCUT2D eigenvalue weighted by molar-refractivity contribution is 0.565. The number of tetrazole rings is 1. The van der Waals surface area contributed by atoms with Gasteiger partial charge in [0, 0.05) is 11.5 Å². The van der Waals surface area contributed by atoms with Crippen LogP contribution >= 0.6 is 11.8 Å². The monoisotopic (exact) mass is 304 g/mol. The van der Waals surface area contributed by atoms with Crippen molar-refractivity contribution in [3.8, 4) is 0 Å². The molecule has 2 aromatic heterocycles. The molecule has 0 aromatic carbocycles. The van der Waals surface area contributed by atoms with E-state index < -0.39 is 0 Å². The number of nitrogen functional groups attached to an aromatic ring is 1. The van der Waals surface area contributed by atoms with E-state index in [2.05, 4.69) is 30.9 Å². The molecule has 0 unspecified atom stereocenters. The van der Waals surface area contributed by atoms with Gasteiger partial charge in [-0.15, -0.1) is 5.10 Å². The molecule has 0 radical (unpaired) electrons. The molecule has 9 heteroatoms. The van der Waals surface area contributed by atoms with Crippen LogP contribution in [0, 0.1) is 6.92 Å². The molecule has 2 aliphatic rings. The summed E-state index contributed by atoms with van der Waals surface area (Å²) in [6.45, 7) is 1.96. The van der Waals surface area contributed by atoms with E-state index in [0.717, 1.165) is 47.3 Å². The smallest absolute Gasteiger partial charge is 0.215 e. The predicted octanol–water partition coefficient (Wildman–Crippen LogP) is 1.42. The van der Waals surface area contributed by atoms with Crippen molar-refractivity contribution in [2.24, 2.45) is 5.84 Å². The van der Waals surface area contributed by atoms with Crippen LogP contribution in [0.5, 0.6) is 0 Å². The van der Waals surface area contributed by atoms with E-state index in [-0.39, 0.29) is 0 Å². The first-order valence-electron chi connectivity index (χ1n) is 7.07. The van der Waals surface area contributed by atoms with Gasteiger partial charge in [0.2, 0.25) is 5.16 Å². The van der Waals surface area contributed by atoms with Crippen LogP contribution in [0.2, 0.25) is 0 Å². The minimum atomic E-state index is 0.444. The van der Waals surface area contributed by atoms with Gasteiger partial charge < -0.3 is 5.43 Å². The van der Waals surface area contributed by atoms with E-state index in [1.165, 1.54) is 11.8 Å². The SMILES string of the molecule is Cc1c(NN)nc(C2CC2)nc1Sc1nnnn1C1CC1. The number of nitrogens with one attached hydrogen (secondary N) is 1. The number of hydrogen-bond acceptors (Lipinski definition) is 8. The highest BCUT2D eigenvalue weighted by atomic mass is 32.2. The lowest BCUT2D eigenvalue weighted by atomic mass is 10.3. The molecular formula is C12H16N8S. The Labute approximate surface area is 125 Å². The molecule has 8 nitrogen and oxygen atoms in total. The summed E-state index contributed by atoms with van der Waals surface area (Å²) >= 11 is 1.48. The second-order valence-corrected chi connectivity index (χ2v) is 6.47. The zero-order chi connectivity index (χ0) is 14.4. The van der Waals surface area contributed by atoms with Crippen LogP contribution in [-0.4, -0.2) is 30.2 Å². The molecule has 110 valence electrons. The predicted molar refractivity (Wildman–Crippen MR) is 76.8 cm³/mol. The van der Waals surface area contributed by atoms with E-state index in [0.29, 0.717) is 17.8 Å². The maximum absolute atomic E-state index is 5.58. The summed E-state index contributed by atoms with van der Waals surface area (Å²) in [6.07, 6.45) is 4.59. The topological polar surface area (TPSA) is 107 Å². The van der Waals surface area contributed by atoms with E-state index in [4.69, 9.17) is 5.84 Å². The van der Waals surface area contributed by atoms with Gasteiger partial charge in [0.05, 0.1) is 6.04 Å². The van der Waals surface area contributed by atoms with E-state index in [1.807, 2.05) is 11.6 Å². The molecule has 21 heavy (non-hydrogen) atoms. The fourth-order valence-corrected chi connectivity index (χ4v) is 3.08. The first kappa shape index (κ1) is 13.0. The fourth-order valence-electron chi connectivity index (χ4n) is 2.16. The Morgan fingerprint density at radius 2 is 2.05 bits per heavy atom. The van der Waals surface area contributed by atoms with Gasteiger partial charge in [-0.2, -0.15) is 0 Å². The van der Waals surface area contributed by atoms with Gasteiger partial charge in [0.15, 0.2) is 0 Å². The molecular weight excluding hydrogens is 288 g/mol. The van der Waals surface area contributed by atoms with Crippen LogP contribution < -0.4 is 11.3 Å². The van der Waals surface area contributed by atoms with Gasteiger partial charge in [-0.25, -0.2) is 20.5 Å². The highest BCUT2D eigenvalue weighted by molar-refractivity contribution is 7.99. The molecule has 2 aromatic rings. The van der Waals surface area contributed by atoms with Gasteiger partial charge in [-0.1, -0.05) is 0 Å². The Kier molecular flexibility index (Phi) is 3.03. The first-order chi connectivity index (χ1) is 10.3. The Hall–Kier alpha value is -1.74. The summed E-state index contributed by atoms with van der Waals surface area (Å²) in [5, 5.41) is 13.6. The average Bonchev–Trinajstić information content (AvgIpc) is 3.40.